The zero-order valence-electron chi connectivity index (χ0n) is 18.5. The van der Waals surface area contributed by atoms with Crippen LogP contribution < -0.4 is 9.62 Å². The van der Waals surface area contributed by atoms with Crippen molar-refractivity contribution < 1.29 is 13.2 Å². The van der Waals surface area contributed by atoms with Gasteiger partial charge in [0.05, 0.1) is 18.0 Å². The molecule has 1 aliphatic rings. The van der Waals surface area contributed by atoms with Crippen LogP contribution in [-0.2, 0) is 27.7 Å². The summed E-state index contributed by atoms with van der Waals surface area (Å²) in [6, 6.07) is 11.0. The quantitative estimate of drug-likeness (QED) is 0.718. The van der Waals surface area contributed by atoms with E-state index in [9.17, 15) is 13.2 Å². The number of fused-ring (bicyclic) bond motifs is 1. The molecule has 30 heavy (non-hydrogen) atoms. The van der Waals surface area contributed by atoms with Gasteiger partial charge in [-0.05, 0) is 86.4 Å². The maximum Gasteiger partial charge on any atom is 0.244 e. The molecule has 162 valence electrons. The van der Waals surface area contributed by atoms with Crippen LogP contribution in [0.5, 0.6) is 0 Å². The highest BCUT2D eigenvalue weighted by atomic mass is 32.2. The van der Waals surface area contributed by atoms with E-state index in [0.29, 0.717) is 12.1 Å². The molecule has 6 heteroatoms. The van der Waals surface area contributed by atoms with Gasteiger partial charge in [-0.1, -0.05) is 31.2 Å². The summed E-state index contributed by atoms with van der Waals surface area (Å²) in [6.07, 6.45) is 4.91. The SMILES string of the molecule is CCC(C(=O)NC(C)c1ccc2c(c1)CCC2)N(c1cc(C)cc(C)c1)S(C)(=O)=O. The van der Waals surface area contributed by atoms with Crippen LogP contribution in [0, 0.1) is 13.8 Å². The third-order valence-corrected chi connectivity index (χ3v) is 6.95. The second kappa shape index (κ2) is 8.80. The lowest BCUT2D eigenvalue weighted by Crippen LogP contribution is -2.49. The predicted molar refractivity (Wildman–Crippen MR) is 122 cm³/mol. The fraction of sp³-hybridized carbons (Fsp3) is 0.458. The Balaban J connectivity index is 1.87. The number of carbonyl (C=O) groups excluding carboxylic acids is 1. The Bertz CT molecular complexity index is 1030. The minimum absolute atomic E-state index is 0.196. The van der Waals surface area contributed by atoms with Crippen LogP contribution in [0.3, 0.4) is 0 Å². The number of hydrogen-bond donors (Lipinski definition) is 1. The van der Waals surface area contributed by atoms with Gasteiger partial charge in [-0.25, -0.2) is 8.42 Å². The lowest BCUT2D eigenvalue weighted by atomic mass is 10.0. The minimum atomic E-state index is -3.64. The molecular formula is C24H32N2O3S. The van der Waals surface area contributed by atoms with E-state index in [1.807, 2.05) is 45.9 Å². The Morgan fingerprint density at radius 2 is 1.70 bits per heavy atom. The molecule has 5 nitrogen and oxygen atoms in total. The van der Waals surface area contributed by atoms with Crippen LogP contribution in [-0.4, -0.2) is 26.6 Å². The van der Waals surface area contributed by atoms with Crippen LogP contribution in [0.25, 0.3) is 0 Å². The average molecular weight is 429 g/mol. The molecule has 2 atom stereocenters. The van der Waals surface area contributed by atoms with E-state index in [2.05, 4.69) is 23.5 Å². The van der Waals surface area contributed by atoms with Gasteiger partial charge in [-0.2, -0.15) is 0 Å². The first-order valence-corrected chi connectivity index (χ1v) is 12.4. The maximum atomic E-state index is 13.2. The van der Waals surface area contributed by atoms with Gasteiger partial charge in [0.25, 0.3) is 0 Å². The summed E-state index contributed by atoms with van der Waals surface area (Å²) in [5.41, 5.74) is 6.25. The number of nitrogens with one attached hydrogen (secondary N) is 1. The van der Waals surface area contributed by atoms with Crippen molar-refractivity contribution in [3.05, 3.63) is 64.2 Å². The highest BCUT2D eigenvalue weighted by Gasteiger charge is 2.32. The van der Waals surface area contributed by atoms with E-state index in [1.54, 1.807) is 0 Å². The zero-order chi connectivity index (χ0) is 22.1. The topological polar surface area (TPSA) is 66.5 Å². The first-order chi connectivity index (χ1) is 14.1. The van der Waals surface area contributed by atoms with Crippen LogP contribution >= 0.6 is 0 Å². The molecule has 2 aromatic carbocycles. The van der Waals surface area contributed by atoms with E-state index in [0.717, 1.165) is 35.8 Å². The number of rotatable bonds is 7. The van der Waals surface area contributed by atoms with E-state index >= 15 is 0 Å². The highest BCUT2D eigenvalue weighted by Crippen LogP contribution is 2.27. The molecule has 0 fully saturated rings. The first kappa shape index (κ1) is 22.3. The van der Waals surface area contributed by atoms with Gasteiger partial charge in [-0.15, -0.1) is 0 Å². The second-order valence-corrected chi connectivity index (χ2v) is 10.3. The number of aryl methyl sites for hydroxylation is 4. The van der Waals surface area contributed by atoms with Crippen molar-refractivity contribution in [3.8, 4) is 0 Å². The van der Waals surface area contributed by atoms with Gasteiger partial charge in [-0.3, -0.25) is 9.10 Å². The summed E-state index contributed by atoms with van der Waals surface area (Å²) in [5.74, 6) is -0.282. The molecule has 2 unspecified atom stereocenters. The summed E-state index contributed by atoms with van der Waals surface area (Å²) in [6.45, 7) is 7.63. The van der Waals surface area contributed by atoms with Crippen molar-refractivity contribution >= 4 is 21.6 Å². The molecule has 0 saturated heterocycles. The smallest absolute Gasteiger partial charge is 0.244 e. The van der Waals surface area contributed by atoms with E-state index in [4.69, 9.17) is 0 Å². The normalized spacial score (nSPS) is 15.4. The highest BCUT2D eigenvalue weighted by molar-refractivity contribution is 7.92. The first-order valence-electron chi connectivity index (χ1n) is 10.6. The summed E-state index contributed by atoms with van der Waals surface area (Å²) >= 11 is 0. The van der Waals surface area contributed by atoms with E-state index < -0.39 is 16.1 Å². The molecule has 0 bridgehead atoms. The maximum absolute atomic E-state index is 13.2. The van der Waals surface area contributed by atoms with Crippen molar-refractivity contribution in [2.45, 2.75) is 65.5 Å². The summed E-state index contributed by atoms with van der Waals surface area (Å²) < 4.78 is 26.6. The van der Waals surface area contributed by atoms with Gasteiger partial charge >= 0.3 is 0 Å². The number of sulfonamides is 1. The third-order valence-electron chi connectivity index (χ3n) is 5.77. The third kappa shape index (κ3) is 4.86. The van der Waals surface area contributed by atoms with Gasteiger partial charge in [0.15, 0.2) is 0 Å². The summed E-state index contributed by atoms with van der Waals surface area (Å²) in [7, 11) is -3.64. The number of anilines is 1. The van der Waals surface area contributed by atoms with Crippen molar-refractivity contribution in [2.24, 2.45) is 0 Å². The molecule has 1 amide bonds. The molecule has 0 aliphatic heterocycles. The molecule has 3 rings (SSSR count). The Hall–Kier alpha value is -2.34. The van der Waals surface area contributed by atoms with Crippen molar-refractivity contribution in [1.29, 1.82) is 0 Å². The minimum Gasteiger partial charge on any atom is -0.348 e. The summed E-state index contributed by atoms with van der Waals surface area (Å²) in [5, 5.41) is 3.04. The number of amides is 1. The van der Waals surface area contributed by atoms with E-state index in [-0.39, 0.29) is 11.9 Å². The fourth-order valence-corrected chi connectivity index (χ4v) is 5.59. The monoisotopic (exact) mass is 428 g/mol. The number of hydrogen-bond acceptors (Lipinski definition) is 3. The molecule has 0 aromatic heterocycles. The molecule has 0 radical (unpaired) electrons. The lowest BCUT2D eigenvalue weighted by molar-refractivity contribution is -0.122. The number of carbonyl (C=O) groups is 1. The lowest BCUT2D eigenvalue weighted by Gasteiger charge is -2.31. The van der Waals surface area contributed by atoms with Crippen molar-refractivity contribution in [2.75, 3.05) is 10.6 Å². The van der Waals surface area contributed by atoms with Crippen molar-refractivity contribution in [3.63, 3.8) is 0 Å². The van der Waals surface area contributed by atoms with Crippen LogP contribution in [0.4, 0.5) is 5.69 Å². The fourth-order valence-electron chi connectivity index (χ4n) is 4.39. The molecule has 1 aliphatic carbocycles. The van der Waals surface area contributed by atoms with Crippen molar-refractivity contribution in [1.82, 2.24) is 5.32 Å². The van der Waals surface area contributed by atoms with Gasteiger partial charge in [0.2, 0.25) is 15.9 Å². The average Bonchev–Trinajstić information content (AvgIpc) is 3.11. The molecular weight excluding hydrogens is 396 g/mol. The second-order valence-electron chi connectivity index (χ2n) is 8.44. The van der Waals surface area contributed by atoms with Gasteiger partial charge < -0.3 is 5.32 Å². The molecule has 1 N–H and O–H groups in total. The predicted octanol–water partition coefficient (Wildman–Crippen LogP) is 4.21. The number of nitrogens with zero attached hydrogens (tertiary/aromatic N) is 1. The Kier molecular flexibility index (Phi) is 6.56. The molecule has 0 saturated carbocycles. The van der Waals surface area contributed by atoms with Crippen LogP contribution in [0.1, 0.15) is 60.5 Å². The Labute approximate surface area is 180 Å². The molecule has 2 aromatic rings. The standard InChI is InChI=1S/C24H32N2O3S/c1-6-23(26(30(5,28)29)22-13-16(2)12-17(3)14-22)24(27)25-18(4)20-11-10-19-8-7-9-21(19)15-20/h10-15,18,23H,6-9H2,1-5H3,(H,25,27). The molecule has 0 spiro atoms. The van der Waals surface area contributed by atoms with Crippen LogP contribution in [0.2, 0.25) is 0 Å². The van der Waals surface area contributed by atoms with Gasteiger partial charge in [0.1, 0.15) is 6.04 Å². The van der Waals surface area contributed by atoms with Gasteiger partial charge in [0, 0.05) is 0 Å². The van der Waals surface area contributed by atoms with E-state index in [1.165, 1.54) is 21.9 Å². The summed E-state index contributed by atoms with van der Waals surface area (Å²) in [4.78, 5) is 13.2. The number of benzene rings is 2. The van der Waals surface area contributed by atoms with Crippen LogP contribution in [0.15, 0.2) is 36.4 Å². The Morgan fingerprint density at radius 1 is 1.07 bits per heavy atom. The molecule has 0 heterocycles. The Morgan fingerprint density at radius 3 is 2.30 bits per heavy atom. The largest absolute Gasteiger partial charge is 0.348 e. The zero-order valence-corrected chi connectivity index (χ0v) is 19.3.